The molecule has 1 aromatic rings. The summed E-state index contributed by atoms with van der Waals surface area (Å²) in [6.07, 6.45) is 2.11. The Morgan fingerprint density at radius 1 is 1.47 bits per heavy atom. The molecular weight excluding hydrogens is 244 g/mol. The third-order valence-electron chi connectivity index (χ3n) is 3.13. The predicted octanol–water partition coefficient (Wildman–Crippen LogP) is 2.10. The molecule has 0 radical (unpaired) electrons. The number of hydrogen-bond acceptors (Lipinski definition) is 3. The number of likely N-dealkylation sites (tertiary alicyclic amines) is 1. The summed E-state index contributed by atoms with van der Waals surface area (Å²) in [5, 5.41) is 0. The molecule has 2 rings (SSSR count). The lowest BCUT2D eigenvalue weighted by Crippen LogP contribution is -2.35. The van der Waals surface area contributed by atoms with E-state index in [1.165, 1.54) is 0 Å². The van der Waals surface area contributed by atoms with E-state index >= 15 is 0 Å². The normalized spacial score (nSPS) is 19.5. The summed E-state index contributed by atoms with van der Waals surface area (Å²) < 4.78 is 5.34. The van der Waals surface area contributed by atoms with E-state index in [2.05, 4.69) is 4.98 Å². The number of nitrogens with one attached hydrogen (secondary N) is 1. The second kappa shape index (κ2) is 5.07. The molecule has 0 bridgehead atoms. The van der Waals surface area contributed by atoms with Gasteiger partial charge < -0.3 is 14.6 Å². The molecule has 2 heterocycles. The van der Waals surface area contributed by atoms with Gasteiger partial charge in [-0.2, -0.15) is 0 Å². The van der Waals surface area contributed by atoms with Crippen molar-refractivity contribution in [2.24, 2.45) is 0 Å². The van der Waals surface area contributed by atoms with Gasteiger partial charge in [0.1, 0.15) is 5.60 Å². The van der Waals surface area contributed by atoms with Gasteiger partial charge in [-0.05, 0) is 33.3 Å². The average molecular weight is 264 g/mol. The molecule has 5 nitrogen and oxygen atoms in total. The van der Waals surface area contributed by atoms with Gasteiger partial charge in [0.25, 0.3) is 5.56 Å². The van der Waals surface area contributed by atoms with Crippen LogP contribution in [0.2, 0.25) is 0 Å². The molecule has 5 heteroatoms. The predicted molar refractivity (Wildman–Crippen MR) is 72.2 cm³/mol. The molecule has 0 saturated carbocycles. The Morgan fingerprint density at radius 2 is 2.21 bits per heavy atom. The zero-order valence-corrected chi connectivity index (χ0v) is 11.6. The maximum atomic E-state index is 11.9. The number of aromatic amines is 1. The van der Waals surface area contributed by atoms with Crippen molar-refractivity contribution in [3.63, 3.8) is 0 Å². The Morgan fingerprint density at radius 3 is 2.84 bits per heavy atom. The van der Waals surface area contributed by atoms with Crippen LogP contribution in [0.4, 0.5) is 4.79 Å². The summed E-state index contributed by atoms with van der Waals surface area (Å²) in [4.78, 5) is 28.0. The van der Waals surface area contributed by atoms with Gasteiger partial charge in [0, 0.05) is 30.8 Å². The lowest BCUT2D eigenvalue weighted by atomic mass is 10.0. The number of pyridine rings is 1. The first-order valence-electron chi connectivity index (χ1n) is 6.52. The lowest BCUT2D eigenvalue weighted by molar-refractivity contribution is 0.0292. The Labute approximate surface area is 112 Å². The van der Waals surface area contributed by atoms with E-state index in [4.69, 9.17) is 4.74 Å². The van der Waals surface area contributed by atoms with Crippen LogP contribution in [0.3, 0.4) is 0 Å². The van der Waals surface area contributed by atoms with Crippen molar-refractivity contribution in [3.8, 4) is 0 Å². The largest absolute Gasteiger partial charge is 0.444 e. The van der Waals surface area contributed by atoms with Crippen molar-refractivity contribution >= 4 is 6.09 Å². The Hall–Kier alpha value is -1.78. The molecule has 1 unspecified atom stereocenters. The molecule has 0 aromatic carbocycles. The molecule has 0 aliphatic carbocycles. The molecule has 1 amide bonds. The van der Waals surface area contributed by atoms with E-state index in [1.54, 1.807) is 11.1 Å². The van der Waals surface area contributed by atoms with E-state index in [-0.39, 0.29) is 17.6 Å². The van der Waals surface area contributed by atoms with Crippen LogP contribution in [0, 0.1) is 0 Å². The minimum Gasteiger partial charge on any atom is -0.444 e. The van der Waals surface area contributed by atoms with Gasteiger partial charge in [0.2, 0.25) is 0 Å². The van der Waals surface area contributed by atoms with E-state index in [0.717, 1.165) is 12.0 Å². The maximum Gasteiger partial charge on any atom is 0.410 e. The van der Waals surface area contributed by atoms with Gasteiger partial charge in [-0.25, -0.2) is 4.79 Å². The smallest absolute Gasteiger partial charge is 0.410 e. The zero-order chi connectivity index (χ0) is 14.0. The lowest BCUT2D eigenvalue weighted by Gasteiger charge is -2.24. The van der Waals surface area contributed by atoms with Crippen molar-refractivity contribution in [3.05, 3.63) is 34.2 Å². The van der Waals surface area contributed by atoms with E-state index in [0.29, 0.717) is 13.1 Å². The fourth-order valence-corrected chi connectivity index (χ4v) is 2.26. The van der Waals surface area contributed by atoms with Crippen molar-refractivity contribution in [1.29, 1.82) is 0 Å². The second-order valence-electron chi connectivity index (χ2n) is 5.87. The van der Waals surface area contributed by atoms with Gasteiger partial charge in [0.05, 0.1) is 0 Å². The maximum absolute atomic E-state index is 11.9. The third-order valence-corrected chi connectivity index (χ3v) is 3.13. The molecule has 1 aliphatic rings. The molecule has 1 N–H and O–H groups in total. The number of carbonyl (C=O) groups is 1. The standard InChI is InChI=1S/C14H20N2O3/c1-14(2,3)19-13(18)16-8-6-10(9-16)11-5-4-7-15-12(11)17/h4-5,7,10H,6,8-9H2,1-3H3,(H,15,17). The minimum atomic E-state index is -0.487. The molecule has 19 heavy (non-hydrogen) atoms. The minimum absolute atomic E-state index is 0.0708. The molecule has 1 saturated heterocycles. The number of hydrogen-bond donors (Lipinski definition) is 1. The number of H-pyrrole nitrogens is 1. The van der Waals surface area contributed by atoms with Crippen LogP contribution in [0.5, 0.6) is 0 Å². The first-order chi connectivity index (χ1) is 8.87. The molecule has 104 valence electrons. The first-order valence-corrected chi connectivity index (χ1v) is 6.52. The first kappa shape index (κ1) is 13.6. The SMILES string of the molecule is CC(C)(C)OC(=O)N1CCC(c2ccc[nH]c2=O)C1. The fourth-order valence-electron chi connectivity index (χ4n) is 2.26. The number of rotatable bonds is 1. The highest BCUT2D eigenvalue weighted by atomic mass is 16.6. The van der Waals surface area contributed by atoms with Crippen LogP contribution in [0.1, 0.15) is 38.7 Å². The van der Waals surface area contributed by atoms with Gasteiger partial charge in [-0.3, -0.25) is 4.79 Å². The van der Waals surface area contributed by atoms with Crippen LogP contribution >= 0.6 is 0 Å². The molecular formula is C14H20N2O3. The van der Waals surface area contributed by atoms with E-state index < -0.39 is 5.60 Å². The summed E-state index contributed by atoms with van der Waals surface area (Å²) in [5.41, 5.74) is 0.187. The highest BCUT2D eigenvalue weighted by Gasteiger charge is 2.31. The van der Waals surface area contributed by atoms with E-state index in [9.17, 15) is 9.59 Å². The van der Waals surface area contributed by atoms with Crippen molar-refractivity contribution in [2.45, 2.75) is 38.7 Å². The van der Waals surface area contributed by atoms with Gasteiger partial charge >= 0.3 is 6.09 Å². The summed E-state index contributed by atoms with van der Waals surface area (Å²) in [6.45, 7) is 6.72. The Bertz CT molecular complexity index is 516. The molecule has 1 atom stereocenters. The van der Waals surface area contributed by atoms with Crippen molar-refractivity contribution < 1.29 is 9.53 Å². The highest BCUT2D eigenvalue weighted by molar-refractivity contribution is 5.68. The monoisotopic (exact) mass is 264 g/mol. The van der Waals surface area contributed by atoms with Crippen LogP contribution < -0.4 is 5.56 Å². The highest BCUT2D eigenvalue weighted by Crippen LogP contribution is 2.26. The summed E-state index contributed by atoms with van der Waals surface area (Å²) in [6, 6.07) is 3.63. The van der Waals surface area contributed by atoms with Crippen LogP contribution in [-0.4, -0.2) is 34.7 Å². The Balaban J connectivity index is 2.03. The van der Waals surface area contributed by atoms with Crippen LogP contribution in [0.25, 0.3) is 0 Å². The summed E-state index contributed by atoms with van der Waals surface area (Å²) >= 11 is 0. The number of amides is 1. The van der Waals surface area contributed by atoms with Gasteiger partial charge in [0.15, 0.2) is 0 Å². The number of carbonyl (C=O) groups excluding carboxylic acids is 1. The van der Waals surface area contributed by atoms with Gasteiger partial charge in [-0.15, -0.1) is 0 Å². The van der Waals surface area contributed by atoms with Crippen molar-refractivity contribution in [2.75, 3.05) is 13.1 Å². The average Bonchev–Trinajstić information content (AvgIpc) is 2.76. The Kier molecular flexibility index (Phi) is 3.64. The van der Waals surface area contributed by atoms with E-state index in [1.807, 2.05) is 32.9 Å². The fraction of sp³-hybridized carbons (Fsp3) is 0.571. The second-order valence-corrected chi connectivity index (χ2v) is 5.87. The van der Waals surface area contributed by atoms with Crippen molar-refractivity contribution in [1.82, 2.24) is 9.88 Å². The third kappa shape index (κ3) is 3.36. The quantitative estimate of drug-likeness (QED) is 0.845. The van der Waals surface area contributed by atoms with Gasteiger partial charge in [-0.1, -0.05) is 6.07 Å². The number of ether oxygens (including phenoxy) is 1. The van der Waals surface area contributed by atoms with Crippen LogP contribution in [0.15, 0.2) is 23.1 Å². The topological polar surface area (TPSA) is 62.4 Å². The summed E-state index contributed by atoms with van der Waals surface area (Å²) in [5.74, 6) is 0.0949. The van der Waals surface area contributed by atoms with Crippen LogP contribution in [-0.2, 0) is 4.74 Å². The summed E-state index contributed by atoms with van der Waals surface area (Å²) in [7, 11) is 0. The number of nitrogens with zero attached hydrogens (tertiary/aromatic N) is 1. The molecule has 1 fully saturated rings. The molecule has 0 spiro atoms. The zero-order valence-electron chi connectivity index (χ0n) is 11.6. The number of aromatic nitrogens is 1. The molecule has 1 aromatic heterocycles. The molecule has 1 aliphatic heterocycles.